The molecular formula is C8H9N3. The lowest BCUT2D eigenvalue weighted by molar-refractivity contribution is 1.49. The molecule has 0 fully saturated rings. The molecule has 0 amide bonds. The number of hydrogen-bond donors (Lipinski definition) is 0. The Hall–Kier alpha value is -2.05. The van der Waals surface area contributed by atoms with Crippen molar-refractivity contribution >= 4 is 0 Å². The van der Waals surface area contributed by atoms with Crippen LogP contribution in [0.1, 0.15) is 6.92 Å². The molecule has 0 unspecified atom stereocenters. The second-order valence-electron chi connectivity index (χ2n) is 0.965. The maximum atomic E-state index is 7.51. The molecule has 0 aromatic rings. The molecule has 3 heteroatoms. The summed E-state index contributed by atoms with van der Waals surface area (Å²) < 4.78 is 0. The summed E-state index contributed by atoms with van der Waals surface area (Å²) in [6.07, 6.45) is 2.93. The molecule has 0 rings (SSSR count). The lowest BCUT2D eigenvalue weighted by Crippen LogP contribution is -1.26. The van der Waals surface area contributed by atoms with Crippen LogP contribution in [-0.2, 0) is 0 Å². The van der Waals surface area contributed by atoms with Crippen molar-refractivity contribution in [3.8, 4) is 18.2 Å². The van der Waals surface area contributed by atoms with Gasteiger partial charge in [-0.25, -0.2) is 0 Å². The Labute approximate surface area is 67.1 Å². The Bertz CT molecular complexity index is 185. The molecule has 0 aromatic carbocycles. The molecule has 0 aliphatic carbocycles. The van der Waals surface area contributed by atoms with Gasteiger partial charge in [0.15, 0.2) is 12.1 Å². The number of rotatable bonds is 0. The average Bonchev–Trinajstić information content (AvgIpc) is 2.06. The van der Waals surface area contributed by atoms with E-state index < -0.39 is 0 Å². The van der Waals surface area contributed by atoms with Gasteiger partial charge in [0.05, 0.1) is 6.07 Å². The molecule has 0 saturated carbocycles. The van der Waals surface area contributed by atoms with E-state index in [1.54, 1.807) is 12.1 Å². The summed E-state index contributed by atoms with van der Waals surface area (Å²) in [6, 6.07) is 4.17. The molecule has 56 valence electrons. The number of nitriles is 3. The molecule has 11 heavy (non-hydrogen) atoms. The second kappa shape index (κ2) is 44.1. The van der Waals surface area contributed by atoms with Crippen LogP contribution >= 0.6 is 0 Å². The van der Waals surface area contributed by atoms with Crippen molar-refractivity contribution < 1.29 is 0 Å². The van der Waals surface area contributed by atoms with Crippen LogP contribution in [0.15, 0.2) is 25.3 Å². The van der Waals surface area contributed by atoms with Crippen LogP contribution in [0, 0.1) is 34.0 Å². The van der Waals surface area contributed by atoms with Crippen LogP contribution in [0.4, 0.5) is 0 Å². The second-order valence-corrected chi connectivity index (χ2v) is 0.965. The van der Waals surface area contributed by atoms with Gasteiger partial charge in [-0.3, -0.25) is 0 Å². The van der Waals surface area contributed by atoms with Crippen molar-refractivity contribution in [3.05, 3.63) is 25.3 Å². The van der Waals surface area contributed by atoms with Crippen molar-refractivity contribution in [2.45, 2.75) is 6.92 Å². The van der Waals surface area contributed by atoms with Crippen molar-refractivity contribution in [2.75, 3.05) is 0 Å². The van der Waals surface area contributed by atoms with E-state index in [1.165, 1.54) is 18.2 Å². The lowest BCUT2D eigenvalue weighted by atomic mass is 10.8. The fourth-order valence-electron chi connectivity index (χ4n) is 0. The van der Waals surface area contributed by atoms with Gasteiger partial charge in [0.2, 0.25) is 0 Å². The Morgan fingerprint density at radius 2 is 1.27 bits per heavy atom. The summed E-state index contributed by atoms with van der Waals surface area (Å²) >= 11 is 0. The third kappa shape index (κ3) is 113000. The monoisotopic (exact) mass is 147 g/mol. The van der Waals surface area contributed by atoms with Crippen LogP contribution in [0.2, 0.25) is 0 Å². The quantitative estimate of drug-likeness (QED) is 0.388. The first-order chi connectivity index (χ1) is 5.24. The van der Waals surface area contributed by atoms with Crippen LogP contribution in [0.3, 0.4) is 0 Å². The van der Waals surface area contributed by atoms with Crippen LogP contribution in [-0.4, -0.2) is 0 Å². The predicted octanol–water partition coefficient (Wildman–Crippen LogP) is 1.92. The van der Waals surface area contributed by atoms with Gasteiger partial charge < -0.3 is 0 Å². The minimum Gasteiger partial charge on any atom is -0.193 e. The highest BCUT2D eigenvalue weighted by Gasteiger charge is 1.39. The fraction of sp³-hybridized carbons (Fsp3) is 0.125. The molecule has 0 atom stereocenters. The zero-order valence-corrected chi connectivity index (χ0v) is 6.41. The maximum absolute atomic E-state index is 7.51. The van der Waals surface area contributed by atoms with Crippen LogP contribution in [0.25, 0.3) is 0 Å². The Morgan fingerprint density at radius 3 is 1.27 bits per heavy atom. The van der Waals surface area contributed by atoms with Crippen molar-refractivity contribution in [1.29, 1.82) is 15.8 Å². The maximum Gasteiger partial charge on any atom is 0.181 e. The highest BCUT2D eigenvalue weighted by Crippen LogP contribution is 1.41. The van der Waals surface area contributed by atoms with E-state index in [0.717, 1.165) is 0 Å². The van der Waals surface area contributed by atoms with Gasteiger partial charge in [-0.05, 0) is 6.92 Å². The van der Waals surface area contributed by atoms with E-state index in [0.29, 0.717) is 0 Å². The molecule has 0 aromatic heterocycles. The minimum absolute atomic E-state index is 1.18. The SMILES string of the molecule is C=CC.C=CC#N.N#CC#N. The largest absolute Gasteiger partial charge is 0.193 e. The average molecular weight is 147 g/mol. The van der Waals surface area contributed by atoms with E-state index in [9.17, 15) is 0 Å². The first-order valence-electron chi connectivity index (χ1n) is 2.60. The Balaban J connectivity index is -0.0000000886. The van der Waals surface area contributed by atoms with Crippen LogP contribution in [0.5, 0.6) is 0 Å². The van der Waals surface area contributed by atoms with Gasteiger partial charge in [0.1, 0.15) is 0 Å². The third-order valence-corrected chi connectivity index (χ3v) is 0.141. The van der Waals surface area contributed by atoms with Gasteiger partial charge in [-0.2, -0.15) is 15.8 Å². The molecule has 0 spiro atoms. The van der Waals surface area contributed by atoms with Gasteiger partial charge in [0, 0.05) is 6.08 Å². The van der Waals surface area contributed by atoms with Gasteiger partial charge in [-0.15, -0.1) is 6.58 Å². The standard InChI is InChI=1S/C3H3N.C3H6.C2N2/c1-2-3-4;1-3-2;3-1-2-4/h2H,1H2;3H,1H2,2H3;. The van der Waals surface area contributed by atoms with Crippen molar-refractivity contribution in [1.82, 2.24) is 0 Å². The molecule has 3 nitrogen and oxygen atoms in total. The lowest BCUT2D eigenvalue weighted by Gasteiger charge is -1.31. The summed E-state index contributed by atoms with van der Waals surface area (Å²) in [6.45, 7) is 8.37. The highest BCUT2D eigenvalue weighted by atomic mass is 14.3. The molecule has 0 N–H and O–H groups in total. The van der Waals surface area contributed by atoms with E-state index in [2.05, 4.69) is 13.2 Å². The number of hydrogen-bond acceptors (Lipinski definition) is 3. The fourth-order valence-corrected chi connectivity index (χ4v) is 0. The Kier molecular flexibility index (Phi) is 64.1. The van der Waals surface area contributed by atoms with E-state index >= 15 is 0 Å². The topological polar surface area (TPSA) is 71.4 Å². The molecule has 0 saturated heterocycles. The molecule has 0 bridgehead atoms. The van der Waals surface area contributed by atoms with Crippen molar-refractivity contribution in [3.63, 3.8) is 0 Å². The molecule has 0 radical (unpaired) electrons. The summed E-state index contributed by atoms with van der Waals surface area (Å²) in [4.78, 5) is 0. The highest BCUT2D eigenvalue weighted by molar-refractivity contribution is 4.99. The number of nitrogens with zero attached hydrogens (tertiary/aromatic N) is 3. The molecule has 0 aliphatic rings. The van der Waals surface area contributed by atoms with Gasteiger partial charge in [0.25, 0.3) is 0 Å². The Morgan fingerprint density at radius 1 is 1.09 bits per heavy atom. The van der Waals surface area contributed by atoms with E-state index in [1.807, 2.05) is 6.92 Å². The minimum atomic E-state index is 1.18. The molecule has 0 aliphatic heterocycles. The van der Waals surface area contributed by atoms with E-state index in [-0.39, 0.29) is 0 Å². The zero-order chi connectivity index (χ0) is 9.54. The number of allylic oxidation sites excluding steroid dienone is 2. The first-order valence-corrected chi connectivity index (χ1v) is 2.60. The summed E-state index contributed by atoms with van der Waals surface area (Å²) in [7, 11) is 0. The van der Waals surface area contributed by atoms with Crippen molar-refractivity contribution in [2.24, 2.45) is 0 Å². The van der Waals surface area contributed by atoms with Gasteiger partial charge >= 0.3 is 0 Å². The predicted molar refractivity (Wildman–Crippen MR) is 42.9 cm³/mol. The van der Waals surface area contributed by atoms with Crippen LogP contribution < -0.4 is 0 Å². The normalized spacial score (nSPS) is 3.45. The third-order valence-electron chi connectivity index (χ3n) is 0.141. The molecule has 0 heterocycles. The summed E-state index contributed by atoms with van der Waals surface area (Å²) in [5.74, 6) is 0. The summed E-state index contributed by atoms with van der Waals surface area (Å²) in [5, 5.41) is 22.0. The van der Waals surface area contributed by atoms with Gasteiger partial charge in [-0.1, -0.05) is 12.7 Å². The smallest absolute Gasteiger partial charge is 0.181 e. The van der Waals surface area contributed by atoms with E-state index in [4.69, 9.17) is 15.8 Å². The first kappa shape index (κ1) is 16.0. The zero-order valence-electron chi connectivity index (χ0n) is 6.41. The summed E-state index contributed by atoms with van der Waals surface area (Å²) in [5.41, 5.74) is 0. The molecular weight excluding hydrogens is 138 g/mol.